The molecule has 0 atom stereocenters. The lowest BCUT2D eigenvalue weighted by Crippen LogP contribution is -2.59. The topological polar surface area (TPSA) is 375 Å². The van der Waals surface area contributed by atoms with Crippen LogP contribution in [0.2, 0.25) is 0 Å². The largest absolute Gasteiger partial charge is 0.545 e. The molecular weight excluding hydrogens is 360 g/mol. The first-order valence-electron chi connectivity index (χ1n) is 5.92. The van der Waals surface area contributed by atoms with Crippen LogP contribution in [-0.2, 0) is 0 Å². The van der Waals surface area contributed by atoms with Crippen molar-refractivity contribution in [2.45, 2.75) is 0 Å². The van der Waals surface area contributed by atoms with Crippen LogP contribution in [0.25, 0.3) is 0 Å². The molecule has 20 N–H and O–H groups in total. The van der Waals surface area contributed by atoms with Crippen LogP contribution in [0.4, 0.5) is 0 Å². The van der Waals surface area contributed by atoms with Crippen molar-refractivity contribution in [1.29, 1.82) is 0 Å². The summed E-state index contributed by atoms with van der Waals surface area (Å²) in [5.74, 6) is 20.0. The van der Waals surface area contributed by atoms with E-state index in [0.29, 0.717) is 12.1 Å². The number of nitrogens with two attached hydrogens (primary N) is 4. The minimum Gasteiger partial charge on any atom is -0.545 e. The minimum absolute atomic E-state index is 0.306. The van der Waals surface area contributed by atoms with Crippen molar-refractivity contribution in [2.75, 3.05) is 0 Å². The van der Waals surface area contributed by atoms with Crippen molar-refractivity contribution in [1.82, 2.24) is 0 Å². The molecule has 1 aromatic rings. The van der Waals surface area contributed by atoms with Crippen molar-refractivity contribution in [3.05, 3.63) is 34.4 Å². The number of carboxylic acids is 4. The third-order valence-corrected chi connectivity index (χ3v) is 2.04. The molecule has 0 aliphatic carbocycles. The van der Waals surface area contributed by atoms with Gasteiger partial charge < -0.3 is 39.6 Å². The lowest BCUT2D eigenvalue weighted by atomic mass is 9.98. The second-order valence-electron chi connectivity index (χ2n) is 3.09. The molecule has 0 heterocycles. The quantitative estimate of drug-likeness (QED) is 0.177. The van der Waals surface area contributed by atoms with Crippen LogP contribution in [0.1, 0.15) is 41.4 Å². The molecule has 0 amide bonds. The zero-order valence-electron chi connectivity index (χ0n) is 13.6. The van der Waals surface area contributed by atoms with Gasteiger partial charge in [0.05, 0.1) is 23.9 Å². The monoisotopic (exact) mass is 382 g/mol. The number of aromatic carboxylic acids is 4. The first-order chi connectivity index (χ1) is 12.3. The second kappa shape index (κ2) is 18.1. The molecule has 150 valence electrons. The van der Waals surface area contributed by atoms with Crippen LogP contribution in [-0.4, -0.2) is 23.9 Å². The SMILES string of the molecule is N[NH3+].N[NH3+].N[NH3+].N[NH3+].O=C([O-])c1cc(C(=O)[O-])c(C(=O)[O-])cc1C(=O)[O-]. The van der Waals surface area contributed by atoms with Gasteiger partial charge in [0.1, 0.15) is 0 Å². The van der Waals surface area contributed by atoms with Gasteiger partial charge in [-0.25, -0.2) is 0 Å². The Hall–Kier alpha value is -3.22. The van der Waals surface area contributed by atoms with E-state index in [1.54, 1.807) is 0 Å². The van der Waals surface area contributed by atoms with Gasteiger partial charge in [-0.2, -0.15) is 23.4 Å². The molecule has 0 bridgehead atoms. The molecule has 0 aromatic heterocycles. The van der Waals surface area contributed by atoms with Crippen LogP contribution >= 0.6 is 0 Å². The van der Waals surface area contributed by atoms with E-state index in [1.165, 1.54) is 0 Å². The number of carbonyl (C=O) groups is 4. The highest BCUT2D eigenvalue weighted by atomic mass is 16.4. The molecule has 16 heteroatoms. The van der Waals surface area contributed by atoms with Crippen LogP contribution in [0, 0.1) is 0 Å². The van der Waals surface area contributed by atoms with Gasteiger partial charge in [-0.15, -0.1) is 0 Å². The van der Waals surface area contributed by atoms with Gasteiger partial charge in [-0.3, -0.25) is 23.4 Å². The summed E-state index contributed by atoms with van der Waals surface area (Å²) in [6.45, 7) is 0. The molecule has 0 fully saturated rings. The Balaban J connectivity index is -0.000000266. The Kier molecular flexibility index (Phi) is 21.4. The third kappa shape index (κ3) is 9.82. The molecule has 0 spiro atoms. The molecule has 0 saturated heterocycles. The first-order valence-corrected chi connectivity index (χ1v) is 5.92. The standard InChI is InChI=1S/C10H6O8.4H4N2/c11-7(12)3-1-4(8(13)14)6(10(17)18)2-5(3)9(15)16;4*1-2/h1-2H,(H,11,12)(H,13,14)(H,15,16)(H,17,18);4*1-2H2. The van der Waals surface area contributed by atoms with Gasteiger partial charge in [-0.1, -0.05) is 0 Å². The number of carboxylic acid groups (broad SMARTS) is 4. The highest BCUT2D eigenvalue weighted by Gasteiger charge is 2.13. The third-order valence-electron chi connectivity index (χ3n) is 2.04. The maximum absolute atomic E-state index is 10.6. The first kappa shape index (κ1) is 30.6. The van der Waals surface area contributed by atoms with E-state index in [1.807, 2.05) is 0 Å². The number of hydrogen-bond donors (Lipinski definition) is 8. The molecule has 1 aromatic carbocycles. The number of rotatable bonds is 4. The number of carbonyl (C=O) groups excluding carboxylic acids is 4. The van der Waals surface area contributed by atoms with Gasteiger partial charge in [0, 0.05) is 22.3 Å². The lowest BCUT2D eigenvalue weighted by molar-refractivity contribution is -0.379. The highest BCUT2D eigenvalue weighted by Crippen LogP contribution is 2.16. The summed E-state index contributed by atoms with van der Waals surface area (Å²) in [7, 11) is 0. The van der Waals surface area contributed by atoms with Crippen LogP contribution in [0.3, 0.4) is 0 Å². The lowest BCUT2D eigenvalue weighted by Gasteiger charge is -2.18. The Morgan fingerprint density at radius 2 is 0.615 bits per heavy atom. The Labute approximate surface area is 145 Å². The van der Waals surface area contributed by atoms with E-state index in [4.69, 9.17) is 0 Å². The van der Waals surface area contributed by atoms with Gasteiger partial charge in [0.25, 0.3) is 0 Å². The Morgan fingerprint density at radius 1 is 0.500 bits per heavy atom. The van der Waals surface area contributed by atoms with E-state index in [2.05, 4.69) is 46.7 Å². The van der Waals surface area contributed by atoms with Crippen LogP contribution < -0.4 is 67.2 Å². The number of quaternary nitrogens is 4. The number of hydrogen-bond acceptors (Lipinski definition) is 12. The molecule has 0 aliphatic heterocycles. The van der Waals surface area contributed by atoms with E-state index in [0.717, 1.165) is 0 Å². The maximum Gasteiger partial charge on any atom is 0.0722 e. The fourth-order valence-corrected chi connectivity index (χ4v) is 1.28. The summed E-state index contributed by atoms with van der Waals surface area (Å²) in [4.78, 5) is 42.4. The fraction of sp³-hybridized carbons (Fsp3) is 0. The number of benzene rings is 1. The molecule has 16 nitrogen and oxygen atoms in total. The van der Waals surface area contributed by atoms with E-state index in [-0.39, 0.29) is 0 Å². The highest BCUT2D eigenvalue weighted by molar-refractivity contribution is 6.07. The van der Waals surface area contributed by atoms with Crippen molar-refractivity contribution in [3.8, 4) is 0 Å². The molecule has 1 rings (SSSR count). The molecule has 0 saturated carbocycles. The van der Waals surface area contributed by atoms with Crippen molar-refractivity contribution in [2.24, 2.45) is 23.4 Å². The summed E-state index contributed by atoms with van der Waals surface area (Å²) >= 11 is 0. The summed E-state index contributed by atoms with van der Waals surface area (Å²) in [5.41, 5.74) is -4.11. The molecule has 26 heavy (non-hydrogen) atoms. The smallest absolute Gasteiger partial charge is 0.0722 e. The second-order valence-corrected chi connectivity index (χ2v) is 3.09. The molecular formula is C10H22N8O8. The van der Waals surface area contributed by atoms with Gasteiger partial charge in [-0.05, 0) is 12.1 Å². The summed E-state index contributed by atoms with van der Waals surface area (Å²) in [6.07, 6.45) is 0. The molecule has 0 aliphatic rings. The van der Waals surface area contributed by atoms with E-state index >= 15 is 0 Å². The average molecular weight is 382 g/mol. The van der Waals surface area contributed by atoms with Crippen molar-refractivity contribution >= 4 is 23.9 Å². The average Bonchev–Trinajstić information content (AvgIpc) is 2.66. The van der Waals surface area contributed by atoms with Crippen molar-refractivity contribution in [3.63, 3.8) is 0 Å². The van der Waals surface area contributed by atoms with E-state index < -0.39 is 46.1 Å². The zero-order chi connectivity index (χ0) is 22.0. The normalized spacial score (nSPS) is 7.69. The van der Waals surface area contributed by atoms with Gasteiger partial charge in [0.15, 0.2) is 0 Å². The zero-order valence-corrected chi connectivity index (χ0v) is 13.6. The van der Waals surface area contributed by atoms with Crippen molar-refractivity contribution < 1.29 is 63.0 Å². The predicted octanol–water partition coefficient (Wildman–Crippen LogP) is -12.5. The van der Waals surface area contributed by atoms with E-state index in [9.17, 15) is 39.6 Å². The fourth-order valence-electron chi connectivity index (χ4n) is 1.28. The maximum atomic E-state index is 10.6. The summed E-state index contributed by atoms with van der Waals surface area (Å²) < 4.78 is 0. The van der Waals surface area contributed by atoms with Crippen LogP contribution in [0.5, 0.6) is 0 Å². The Morgan fingerprint density at radius 3 is 0.692 bits per heavy atom. The summed E-state index contributed by atoms with van der Waals surface area (Å²) in [6, 6.07) is 0.613. The minimum atomic E-state index is -2.00. The molecule has 0 unspecified atom stereocenters. The Bertz CT molecular complexity index is 496. The summed E-state index contributed by atoms with van der Waals surface area (Å²) in [5, 5.41) is 42.4. The predicted molar refractivity (Wildman–Crippen MR) is 72.1 cm³/mol. The van der Waals surface area contributed by atoms with Crippen LogP contribution in [0.15, 0.2) is 12.1 Å². The van der Waals surface area contributed by atoms with Gasteiger partial charge >= 0.3 is 0 Å². The van der Waals surface area contributed by atoms with Gasteiger partial charge in [0.2, 0.25) is 0 Å². The molecule has 0 radical (unpaired) electrons.